The molecule has 0 heterocycles. The summed E-state index contributed by atoms with van der Waals surface area (Å²) in [5, 5.41) is 0.552. The van der Waals surface area contributed by atoms with Crippen molar-refractivity contribution in [1.29, 1.82) is 0 Å². The number of nitrogens with zero attached hydrogens (tertiary/aromatic N) is 2. The third kappa shape index (κ3) is 5.31. The van der Waals surface area contributed by atoms with Crippen LogP contribution in [-0.2, 0) is 26.1 Å². The number of carbonyl (C=O) groups is 2. The minimum absolute atomic E-state index is 0.00661. The molecule has 0 atom stereocenters. The molecule has 0 saturated heterocycles. The lowest BCUT2D eigenvalue weighted by Crippen LogP contribution is -2.36. The highest BCUT2D eigenvalue weighted by Crippen LogP contribution is 2.18. The molecule has 0 unspecified atom stereocenters. The van der Waals surface area contributed by atoms with Crippen LogP contribution in [0.5, 0.6) is 0 Å². The Morgan fingerprint density at radius 3 is 2.29 bits per heavy atom. The summed E-state index contributed by atoms with van der Waals surface area (Å²) in [6.07, 6.45) is 0. The van der Waals surface area contributed by atoms with Crippen LogP contribution in [0.15, 0.2) is 53.4 Å². The van der Waals surface area contributed by atoms with Gasteiger partial charge in [0.05, 0.1) is 12.0 Å². The molecule has 7 nitrogen and oxygen atoms in total. The number of sulfonamides is 1. The van der Waals surface area contributed by atoms with E-state index in [1.165, 1.54) is 50.4 Å². The second kappa shape index (κ2) is 9.18. The fourth-order valence-electron chi connectivity index (χ4n) is 2.41. The Kier molecular flexibility index (Phi) is 7.17. The maximum Gasteiger partial charge on any atom is 0.325 e. The highest BCUT2D eigenvalue weighted by molar-refractivity contribution is 7.89. The van der Waals surface area contributed by atoms with Gasteiger partial charge in [0.2, 0.25) is 10.0 Å². The topological polar surface area (TPSA) is 84.0 Å². The molecular weight excluding hydrogens is 404 g/mol. The zero-order valence-electron chi connectivity index (χ0n) is 15.8. The van der Waals surface area contributed by atoms with Crippen molar-refractivity contribution in [1.82, 2.24) is 9.21 Å². The van der Waals surface area contributed by atoms with Crippen molar-refractivity contribution in [3.63, 3.8) is 0 Å². The van der Waals surface area contributed by atoms with Crippen LogP contribution in [0, 0.1) is 0 Å². The van der Waals surface area contributed by atoms with E-state index in [4.69, 9.17) is 11.6 Å². The molecule has 0 spiro atoms. The first-order valence-electron chi connectivity index (χ1n) is 8.28. The van der Waals surface area contributed by atoms with Gasteiger partial charge in [0.1, 0.15) is 6.54 Å². The lowest BCUT2D eigenvalue weighted by molar-refractivity contribution is -0.141. The third-order valence-electron chi connectivity index (χ3n) is 3.98. The monoisotopic (exact) mass is 424 g/mol. The van der Waals surface area contributed by atoms with Crippen molar-refractivity contribution < 1.29 is 22.7 Å². The van der Waals surface area contributed by atoms with E-state index in [0.717, 1.165) is 9.87 Å². The minimum Gasteiger partial charge on any atom is -0.468 e. The van der Waals surface area contributed by atoms with E-state index in [9.17, 15) is 18.0 Å². The fourth-order valence-corrected chi connectivity index (χ4v) is 3.49. The fraction of sp³-hybridized carbons (Fsp3) is 0.263. The van der Waals surface area contributed by atoms with Crippen LogP contribution in [-0.4, -0.2) is 57.2 Å². The van der Waals surface area contributed by atoms with E-state index in [2.05, 4.69) is 4.74 Å². The summed E-state index contributed by atoms with van der Waals surface area (Å²) in [6, 6.07) is 12.6. The Balaban J connectivity index is 2.36. The van der Waals surface area contributed by atoms with E-state index in [1.807, 2.05) is 0 Å². The second-order valence-corrected chi connectivity index (χ2v) is 8.77. The average molecular weight is 425 g/mol. The molecule has 2 rings (SSSR count). The number of carbonyl (C=O) groups excluding carboxylic acids is 2. The number of hydrogen-bond acceptors (Lipinski definition) is 5. The lowest BCUT2D eigenvalue weighted by Gasteiger charge is -2.22. The van der Waals surface area contributed by atoms with Crippen LogP contribution in [0.2, 0.25) is 5.02 Å². The quantitative estimate of drug-likeness (QED) is 0.637. The number of hydrogen-bond donors (Lipinski definition) is 0. The molecule has 0 radical (unpaired) electrons. The van der Waals surface area contributed by atoms with Crippen LogP contribution in [0.4, 0.5) is 0 Å². The second-order valence-electron chi connectivity index (χ2n) is 6.18. The van der Waals surface area contributed by atoms with Gasteiger partial charge < -0.3 is 9.64 Å². The summed E-state index contributed by atoms with van der Waals surface area (Å²) >= 11 is 5.88. The molecule has 0 N–H and O–H groups in total. The molecule has 0 bridgehead atoms. The van der Waals surface area contributed by atoms with E-state index < -0.39 is 21.9 Å². The molecule has 9 heteroatoms. The summed E-state index contributed by atoms with van der Waals surface area (Å²) in [6.45, 7) is -0.140. The summed E-state index contributed by atoms with van der Waals surface area (Å²) in [5.74, 6) is -1.07. The minimum atomic E-state index is -3.69. The number of esters is 1. The number of ether oxygens (including phenoxy) is 1. The number of rotatable bonds is 7. The molecule has 0 aromatic heterocycles. The van der Waals surface area contributed by atoms with Gasteiger partial charge in [0, 0.05) is 31.2 Å². The maximum absolute atomic E-state index is 13.0. The van der Waals surface area contributed by atoms with Gasteiger partial charge in [-0.25, -0.2) is 12.7 Å². The zero-order valence-corrected chi connectivity index (χ0v) is 17.3. The highest BCUT2D eigenvalue weighted by atomic mass is 35.5. The number of benzene rings is 2. The van der Waals surface area contributed by atoms with Gasteiger partial charge >= 0.3 is 5.97 Å². The molecule has 0 aliphatic heterocycles. The first kappa shape index (κ1) is 21.9. The van der Waals surface area contributed by atoms with Crippen LogP contribution in [0.1, 0.15) is 15.9 Å². The Hall–Kier alpha value is -2.42. The molecule has 2 aromatic carbocycles. The number of methoxy groups -OCH3 is 1. The van der Waals surface area contributed by atoms with Gasteiger partial charge in [0.25, 0.3) is 5.91 Å². The maximum atomic E-state index is 13.0. The predicted octanol–water partition coefficient (Wildman–Crippen LogP) is 2.41. The van der Waals surface area contributed by atoms with Gasteiger partial charge in [-0.15, -0.1) is 0 Å². The van der Waals surface area contributed by atoms with Gasteiger partial charge in [0.15, 0.2) is 0 Å². The van der Waals surface area contributed by atoms with Gasteiger partial charge in [-0.3, -0.25) is 9.59 Å². The van der Waals surface area contributed by atoms with Crippen LogP contribution < -0.4 is 0 Å². The first-order valence-corrected chi connectivity index (χ1v) is 10.1. The molecule has 0 aliphatic rings. The van der Waals surface area contributed by atoms with Crippen molar-refractivity contribution in [3.8, 4) is 0 Å². The van der Waals surface area contributed by atoms with Crippen molar-refractivity contribution in [2.24, 2.45) is 0 Å². The predicted molar refractivity (Wildman–Crippen MR) is 106 cm³/mol. The van der Waals surface area contributed by atoms with Crippen LogP contribution in [0.3, 0.4) is 0 Å². The van der Waals surface area contributed by atoms with Crippen LogP contribution >= 0.6 is 11.6 Å². The van der Waals surface area contributed by atoms with E-state index in [-0.39, 0.29) is 23.5 Å². The molecule has 0 fully saturated rings. The summed E-state index contributed by atoms with van der Waals surface area (Å²) < 4.78 is 30.4. The van der Waals surface area contributed by atoms with Gasteiger partial charge in [-0.1, -0.05) is 29.8 Å². The SMILES string of the molecule is COC(=O)CN(Cc1ccc(Cl)cc1)C(=O)c1cccc(S(=O)(=O)N(C)C)c1. The van der Waals surface area contributed by atoms with E-state index in [1.54, 1.807) is 24.3 Å². The Labute approximate surface area is 169 Å². The van der Waals surface area contributed by atoms with Crippen molar-refractivity contribution in [2.45, 2.75) is 11.4 Å². The molecule has 0 aliphatic carbocycles. The van der Waals surface area contributed by atoms with Crippen molar-refractivity contribution in [2.75, 3.05) is 27.7 Å². The molecule has 0 saturated carbocycles. The number of halogens is 1. The largest absolute Gasteiger partial charge is 0.468 e. The van der Waals surface area contributed by atoms with Crippen LogP contribution in [0.25, 0.3) is 0 Å². The first-order chi connectivity index (χ1) is 13.1. The Bertz CT molecular complexity index is 959. The molecule has 2 aromatic rings. The Morgan fingerprint density at radius 2 is 1.71 bits per heavy atom. The van der Waals surface area contributed by atoms with Crippen molar-refractivity contribution in [3.05, 3.63) is 64.7 Å². The lowest BCUT2D eigenvalue weighted by atomic mass is 10.1. The van der Waals surface area contributed by atoms with E-state index in [0.29, 0.717) is 5.02 Å². The number of amides is 1. The van der Waals surface area contributed by atoms with E-state index >= 15 is 0 Å². The average Bonchev–Trinajstić information content (AvgIpc) is 2.68. The normalized spacial score (nSPS) is 11.3. The third-order valence-corrected chi connectivity index (χ3v) is 6.04. The zero-order chi connectivity index (χ0) is 20.9. The molecular formula is C19H21ClN2O5S. The molecule has 28 heavy (non-hydrogen) atoms. The Morgan fingerprint density at radius 1 is 1.07 bits per heavy atom. The summed E-state index contributed by atoms with van der Waals surface area (Å²) in [5.41, 5.74) is 0.916. The van der Waals surface area contributed by atoms with Gasteiger partial charge in [-0.05, 0) is 35.9 Å². The van der Waals surface area contributed by atoms with Crippen molar-refractivity contribution >= 4 is 33.5 Å². The standard InChI is InChI=1S/C19H21ClN2O5S/c1-21(2)28(25,26)17-6-4-5-15(11-17)19(24)22(13-18(23)27-3)12-14-7-9-16(20)10-8-14/h4-11H,12-13H2,1-3H3. The summed E-state index contributed by atoms with van der Waals surface area (Å²) in [4.78, 5) is 26.1. The van der Waals surface area contributed by atoms with Gasteiger partial charge in [-0.2, -0.15) is 0 Å². The molecule has 150 valence electrons. The highest BCUT2D eigenvalue weighted by Gasteiger charge is 2.23. The molecule has 1 amide bonds. The smallest absolute Gasteiger partial charge is 0.325 e. The summed E-state index contributed by atoms with van der Waals surface area (Å²) in [7, 11) is 0.361.